The lowest BCUT2D eigenvalue weighted by molar-refractivity contribution is -0.279. The third kappa shape index (κ3) is 3.03. The van der Waals surface area contributed by atoms with Crippen LogP contribution in [0.5, 0.6) is 0 Å². The number of methoxy groups -OCH3 is 1. The zero-order valence-corrected chi connectivity index (χ0v) is 17.9. The first-order valence-electron chi connectivity index (χ1n) is 12.0. The summed E-state index contributed by atoms with van der Waals surface area (Å²) in [7, 11) is 1.86. The molecule has 3 nitrogen and oxygen atoms in total. The highest BCUT2D eigenvalue weighted by Gasteiger charge is 2.58. The van der Waals surface area contributed by atoms with Gasteiger partial charge in [-0.05, 0) is 93.0 Å². The second kappa shape index (κ2) is 7.23. The van der Waals surface area contributed by atoms with Crippen molar-refractivity contribution in [2.75, 3.05) is 7.11 Å². The fraction of sp³-hybridized carbons (Fsp3) is 0.880. The van der Waals surface area contributed by atoms with Crippen LogP contribution in [0.2, 0.25) is 0 Å². The summed E-state index contributed by atoms with van der Waals surface area (Å²) in [5, 5.41) is 0. The summed E-state index contributed by atoms with van der Waals surface area (Å²) >= 11 is 0. The minimum Gasteiger partial charge on any atom is -0.353 e. The average molecular weight is 387 g/mol. The Labute approximate surface area is 170 Å². The molecule has 0 amide bonds. The van der Waals surface area contributed by atoms with E-state index in [1.807, 2.05) is 13.2 Å². The zero-order valence-electron chi connectivity index (χ0n) is 17.9. The smallest absolute Gasteiger partial charge is 0.168 e. The maximum absolute atomic E-state index is 11.9. The third-order valence-electron chi connectivity index (χ3n) is 9.56. The second-order valence-corrected chi connectivity index (χ2v) is 10.7. The van der Waals surface area contributed by atoms with E-state index in [-0.39, 0.29) is 5.79 Å². The van der Waals surface area contributed by atoms with Crippen LogP contribution in [0.1, 0.15) is 90.4 Å². The van der Waals surface area contributed by atoms with Gasteiger partial charge < -0.3 is 9.47 Å². The van der Waals surface area contributed by atoms with Crippen molar-refractivity contribution in [2.24, 2.45) is 29.1 Å². The molecule has 4 saturated carbocycles. The Morgan fingerprint density at radius 1 is 0.929 bits per heavy atom. The molecule has 5 rings (SSSR count). The third-order valence-corrected chi connectivity index (χ3v) is 9.56. The molecular weight excluding hydrogens is 348 g/mol. The van der Waals surface area contributed by atoms with Gasteiger partial charge in [-0.15, -0.1) is 0 Å². The van der Waals surface area contributed by atoms with Crippen molar-refractivity contribution in [1.82, 2.24) is 0 Å². The molecule has 0 heterocycles. The average Bonchev–Trinajstić information content (AvgIpc) is 3.04. The molecule has 0 bridgehead atoms. The van der Waals surface area contributed by atoms with Gasteiger partial charge >= 0.3 is 0 Å². The molecule has 0 radical (unpaired) electrons. The van der Waals surface area contributed by atoms with Crippen LogP contribution in [0.4, 0.5) is 0 Å². The van der Waals surface area contributed by atoms with Gasteiger partial charge in [0.15, 0.2) is 11.6 Å². The molecule has 0 unspecified atom stereocenters. The molecule has 0 aromatic heterocycles. The van der Waals surface area contributed by atoms with E-state index in [0.29, 0.717) is 23.2 Å². The molecule has 4 fully saturated rings. The largest absolute Gasteiger partial charge is 0.353 e. The fourth-order valence-electron chi connectivity index (χ4n) is 8.05. The van der Waals surface area contributed by atoms with E-state index in [0.717, 1.165) is 49.9 Å². The lowest BCUT2D eigenvalue weighted by Gasteiger charge is -2.54. The number of fused-ring (bicyclic) bond motifs is 5. The van der Waals surface area contributed by atoms with E-state index >= 15 is 0 Å². The van der Waals surface area contributed by atoms with Crippen molar-refractivity contribution < 1.29 is 14.3 Å². The molecule has 5 aliphatic carbocycles. The van der Waals surface area contributed by atoms with Gasteiger partial charge in [0.25, 0.3) is 0 Å². The Morgan fingerprint density at radius 2 is 1.75 bits per heavy atom. The van der Waals surface area contributed by atoms with Gasteiger partial charge in [0.2, 0.25) is 0 Å². The van der Waals surface area contributed by atoms with Gasteiger partial charge in [-0.3, -0.25) is 4.79 Å². The maximum Gasteiger partial charge on any atom is 0.168 e. The topological polar surface area (TPSA) is 35.5 Å². The zero-order chi connectivity index (χ0) is 19.4. The summed E-state index contributed by atoms with van der Waals surface area (Å²) in [5.41, 5.74) is 1.81. The van der Waals surface area contributed by atoms with Gasteiger partial charge in [0.05, 0.1) is 6.10 Å². The SMILES string of the molecule is COC1(O[C@H]2CC[C@H]3[C@@H]4CCC5=CC(=O)CC[C@@H]5[C@H]4CC[C@]23C)CCCCC1. The molecule has 28 heavy (non-hydrogen) atoms. The Kier molecular flexibility index (Phi) is 4.99. The molecule has 0 aliphatic heterocycles. The number of hydrogen-bond donors (Lipinski definition) is 0. The number of carbonyl (C=O) groups excluding carboxylic acids is 1. The summed E-state index contributed by atoms with van der Waals surface area (Å²) in [6.07, 6.45) is 17.8. The van der Waals surface area contributed by atoms with Crippen molar-refractivity contribution in [1.29, 1.82) is 0 Å². The van der Waals surface area contributed by atoms with Gasteiger partial charge in [0, 0.05) is 26.4 Å². The number of rotatable bonds is 3. The summed E-state index contributed by atoms with van der Waals surface area (Å²) in [6, 6.07) is 0. The highest BCUT2D eigenvalue weighted by molar-refractivity contribution is 5.91. The van der Waals surface area contributed by atoms with E-state index in [4.69, 9.17) is 9.47 Å². The Bertz CT molecular complexity index is 646. The summed E-state index contributed by atoms with van der Waals surface area (Å²) in [4.78, 5) is 11.9. The Hall–Kier alpha value is -0.670. The van der Waals surface area contributed by atoms with Gasteiger partial charge in [-0.25, -0.2) is 0 Å². The molecular formula is C25H38O3. The molecule has 6 atom stereocenters. The van der Waals surface area contributed by atoms with Gasteiger partial charge in [-0.2, -0.15) is 0 Å². The van der Waals surface area contributed by atoms with Crippen LogP contribution >= 0.6 is 0 Å². The summed E-state index contributed by atoms with van der Waals surface area (Å²) in [5.74, 6) is 3.21. The van der Waals surface area contributed by atoms with Crippen molar-refractivity contribution >= 4 is 5.78 Å². The van der Waals surface area contributed by atoms with Crippen LogP contribution in [0.3, 0.4) is 0 Å². The van der Waals surface area contributed by atoms with Crippen molar-refractivity contribution in [3.05, 3.63) is 11.6 Å². The van der Waals surface area contributed by atoms with Crippen LogP contribution in [-0.2, 0) is 14.3 Å². The Balaban J connectivity index is 1.34. The van der Waals surface area contributed by atoms with Crippen LogP contribution in [0.15, 0.2) is 11.6 Å². The highest BCUT2D eigenvalue weighted by atomic mass is 16.7. The normalized spacial score (nSPS) is 45.0. The number of ketones is 1. The van der Waals surface area contributed by atoms with Crippen molar-refractivity contribution in [3.8, 4) is 0 Å². The standard InChI is InChI=1S/C25H38O3/c1-24-15-12-20-19-9-7-18(26)16-17(19)6-8-21(20)22(24)10-11-23(24)28-25(27-2)13-4-3-5-14-25/h16,19-23H,3-15H2,1-2H3/t19-,20+,21+,22-,23-,24-/m0/s1. The lowest BCUT2D eigenvalue weighted by Crippen LogP contribution is -2.50. The molecule has 156 valence electrons. The number of allylic oxidation sites excluding steroid dienone is 1. The first-order valence-corrected chi connectivity index (χ1v) is 12.0. The molecule has 5 aliphatic rings. The molecule has 0 aromatic rings. The van der Waals surface area contributed by atoms with E-state index in [2.05, 4.69) is 6.92 Å². The van der Waals surface area contributed by atoms with Gasteiger partial charge in [-0.1, -0.05) is 18.9 Å². The monoisotopic (exact) mass is 386 g/mol. The van der Waals surface area contributed by atoms with Crippen LogP contribution in [-0.4, -0.2) is 24.8 Å². The molecule has 0 saturated heterocycles. The summed E-state index contributed by atoms with van der Waals surface area (Å²) in [6.45, 7) is 2.54. The quantitative estimate of drug-likeness (QED) is 0.573. The first-order chi connectivity index (χ1) is 13.5. The van der Waals surface area contributed by atoms with Crippen molar-refractivity contribution in [2.45, 2.75) is 102 Å². The first kappa shape index (κ1) is 19.3. The van der Waals surface area contributed by atoms with E-state index in [1.54, 1.807) is 0 Å². The Morgan fingerprint density at radius 3 is 2.54 bits per heavy atom. The maximum atomic E-state index is 11.9. The van der Waals surface area contributed by atoms with E-state index in [1.165, 1.54) is 56.9 Å². The van der Waals surface area contributed by atoms with Crippen LogP contribution in [0, 0.1) is 29.1 Å². The van der Waals surface area contributed by atoms with E-state index in [9.17, 15) is 4.79 Å². The van der Waals surface area contributed by atoms with Crippen LogP contribution < -0.4 is 0 Å². The second-order valence-electron chi connectivity index (χ2n) is 10.7. The molecule has 0 spiro atoms. The predicted octanol–water partition coefficient (Wildman–Crippen LogP) is 5.82. The number of hydrogen-bond acceptors (Lipinski definition) is 3. The molecule has 3 heteroatoms. The minimum atomic E-state index is -0.316. The molecule has 0 aromatic carbocycles. The van der Waals surface area contributed by atoms with Crippen molar-refractivity contribution in [3.63, 3.8) is 0 Å². The fourth-order valence-corrected chi connectivity index (χ4v) is 8.05. The minimum absolute atomic E-state index is 0.315. The molecule has 0 N–H and O–H groups in total. The number of carbonyl (C=O) groups is 1. The lowest BCUT2D eigenvalue weighted by atomic mass is 9.52. The van der Waals surface area contributed by atoms with Crippen LogP contribution in [0.25, 0.3) is 0 Å². The highest BCUT2D eigenvalue weighted by Crippen LogP contribution is 2.63. The van der Waals surface area contributed by atoms with E-state index < -0.39 is 0 Å². The number of ether oxygens (including phenoxy) is 2. The predicted molar refractivity (Wildman–Crippen MR) is 110 cm³/mol. The van der Waals surface area contributed by atoms with Gasteiger partial charge in [0.1, 0.15) is 0 Å². The summed E-state index contributed by atoms with van der Waals surface area (Å²) < 4.78 is 12.9.